The molecule has 0 unspecified atom stereocenters. The summed E-state index contributed by atoms with van der Waals surface area (Å²) in [6.45, 7) is 46.6. The van der Waals surface area contributed by atoms with Crippen LogP contribution in [0.4, 0.5) is 0 Å². The van der Waals surface area contributed by atoms with E-state index in [1.807, 2.05) is 18.2 Å². The molecule has 0 saturated heterocycles. The number of benzene rings is 3. The molecule has 0 atom stereocenters. The molecular weight excluding hydrogens is 1310 g/mol. The SMILES string of the molecule is C#Cc1cc2ccccc2n1COCC[Si](C)(C)C.CCC[CH2][Sn]([CH2]CCC)([CH2]CCC)[c]1cc2ccccc2n1COCC[Si](C)(C)C.C[Si](C)(C)C#CI.C[Si](C)(C)C#Cc1cc2ccccc2n1COCC[Si](C)(C)C.[Na+].[OH-]. The third kappa shape index (κ3) is 29.6. The predicted octanol–water partition coefficient (Wildman–Crippen LogP) is 16.2. The quantitative estimate of drug-likeness (QED) is 0.0248. The number of nitrogens with zero attached hydrogens (tertiary/aromatic N) is 3. The number of aromatic nitrogens is 3. The molecule has 15 heteroatoms. The van der Waals surface area contributed by atoms with Gasteiger partial charge < -0.3 is 24.1 Å². The molecule has 3 heterocycles. The van der Waals surface area contributed by atoms with E-state index < -0.39 is 58.7 Å². The van der Waals surface area contributed by atoms with E-state index in [0.717, 1.165) is 43.5 Å². The van der Waals surface area contributed by atoms with Crippen molar-refractivity contribution in [3.63, 3.8) is 0 Å². The molecule has 1 N–H and O–H groups in total. The summed E-state index contributed by atoms with van der Waals surface area (Å²) < 4.78 is 34.2. The number of ether oxygens (including phenoxy) is 3. The molecule has 6 aromatic rings. The Morgan fingerprint density at radius 2 is 0.815 bits per heavy atom. The summed E-state index contributed by atoms with van der Waals surface area (Å²) in [5.74, 6) is 6.14. The van der Waals surface area contributed by atoms with Gasteiger partial charge in [0.1, 0.15) is 29.6 Å². The Hall–Kier alpha value is -1.59. The molecule has 0 bridgehead atoms. The van der Waals surface area contributed by atoms with Crippen LogP contribution in [-0.4, -0.2) is 97.7 Å². The van der Waals surface area contributed by atoms with Gasteiger partial charge >= 0.3 is 222 Å². The number of halogens is 1. The second-order valence-electron chi connectivity index (χ2n) is 27.3. The van der Waals surface area contributed by atoms with Crippen LogP contribution in [0, 0.1) is 33.3 Å². The Morgan fingerprint density at radius 1 is 0.481 bits per heavy atom. The average Bonchev–Trinajstić information content (AvgIpc) is 4.05. The van der Waals surface area contributed by atoms with Crippen molar-refractivity contribution in [3.8, 4) is 33.3 Å². The molecule has 3 aromatic heterocycles. The van der Waals surface area contributed by atoms with E-state index in [0.29, 0.717) is 13.5 Å². The first-order valence-corrected chi connectivity index (χ1v) is 56.4. The van der Waals surface area contributed by atoms with Gasteiger partial charge in [0, 0.05) is 62.7 Å². The van der Waals surface area contributed by atoms with Crippen molar-refractivity contribution in [2.24, 2.45) is 0 Å². The van der Waals surface area contributed by atoms with Crippen LogP contribution in [0.5, 0.6) is 0 Å². The standard InChI is InChI=1S/C19H29NOSi2.C16H21NOSi.C14H20NOSi.C5H9ISi.3C4H9.Na.H2O.Sn/c1-22(2,3)13-11-18-15-17-9-7-8-10-19(17)20(18)16-21-12-14-23(4,5)6;1-5-15-12-14-8-6-7-9-16(14)17(15)13-18-10-11-19(2,3)4;1-17(2,3)11-10-16-12-15-9-8-13-6-4-5-7-14(13)15;1-7(2,3)5-4-6;3*1-3-4-2;;;/h7-10,15H,12,14,16H2,1-6H3;1,6-9,12H,10-11,13H2,2-4H3;4-8H,10-12H2,1-3H3;1-3H3;3*1,3-4H2,2H3;;1H2;/q;;;;;;;+1;;/p-1. The van der Waals surface area contributed by atoms with Gasteiger partial charge in [-0.05, 0) is 40.3 Å². The fourth-order valence-electron chi connectivity index (χ4n) is 9.01. The molecule has 0 aliphatic carbocycles. The smallest absolute Gasteiger partial charge is 0.870 e. The Kier molecular flexibility index (Phi) is 36.2. The molecule has 0 aliphatic rings. The topological polar surface area (TPSA) is 72.5 Å². The Morgan fingerprint density at radius 3 is 1.15 bits per heavy atom. The monoisotopic (exact) mass is 1420 g/mol. The number of hydrogen-bond acceptors (Lipinski definition) is 4. The third-order valence-corrected chi connectivity index (χ3v) is 36.9. The van der Waals surface area contributed by atoms with Crippen LogP contribution in [0.2, 0.25) is 130 Å². The van der Waals surface area contributed by atoms with Crippen molar-refractivity contribution in [3.05, 3.63) is 102 Å². The summed E-state index contributed by atoms with van der Waals surface area (Å²) >= 11 is -0.427. The van der Waals surface area contributed by atoms with Crippen molar-refractivity contribution in [1.29, 1.82) is 0 Å². The molecule has 0 amide bonds. The number of terminal acetylenes is 1. The van der Waals surface area contributed by atoms with E-state index in [-0.39, 0.29) is 35.0 Å². The molecule has 3 aromatic carbocycles. The first-order chi connectivity index (χ1) is 37.1. The van der Waals surface area contributed by atoms with Crippen molar-refractivity contribution >= 4 is 118 Å². The summed E-state index contributed by atoms with van der Waals surface area (Å²) in [6, 6.07) is 36.1. The van der Waals surface area contributed by atoms with Crippen molar-refractivity contribution in [1.82, 2.24) is 13.7 Å². The van der Waals surface area contributed by atoms with E-state index in [9.17, 15) is 0 Å². The maximum absolute atomic E-state index is 6.34. The largest absolute Gasteiger partial charge is 1.00 e. The summed E-state index contributed by atoms with van der Waals surface area (Å²) in [5, 5.41) is 3.83. The van der Waals surface area contributed by atoms with Gasteiger partial charge in [-0.25, -0.2) is 0 Å². The second-order valence-corrected chi connectivity index (χ2v) is 67.3. The van der Waals surface area contributed by atoms with Crippen LogP contribution in [0.25, 0.3) is 32.7 Å². The Balaban J connectivity index is 0.000000577. The maximum atomic E-state index is 6.34. The molecule has 0 spiro atoms. The fourth-order valence-corrected chi connectivity index (χ4v) is 31.1. The minimum absolute atomic E-state index is 0. The number of fused-ring (bicyclic) bond motifs is 3. The third-order valence-electron chi connectivity index (χ3n) is 13.8. The first kappa shape index (κ1) is 77.4. The van der Waals surface area contributed by atoms with E-state index >= 15 is 0 Å². The zero-order chi connectivity index (χ0) is 58.9. The fraction of sp³-hybridized carbons (Fsp3) is 0.545. The van der Waals surface area contributed by atoms with E-state index in [2.05, 4.69) is 255 Å². The van der Waals surface area contributed by atoms with Gasteiger partial charge in [-0.15, -0.1) is 17.5 Å². The predicted molar refractivity (Wildman–Crippen MR) is 378 cm³/mol. The zero-order valence-corrected chi connectivity index (χ0v) is 66.4. The molecule has 0 fully saturated rings. The van der Waals surface area contributed by atoms with E-state index in [4.69, 9.17) is 20.6 Å². The number of unbranched alkanes of at least 4 members (excludes halogenated alkanes) is 3. The zero-order valence-electron chi connectivity index (χ0n) is 54.4. The minimum Gasteiger partial charge on any atom is -0.870 e. The number of para-hydroxylation sites is 3. The molecule has 81 heavy (non-hydrogen) atoms. The molecular formula is C66H107IN3NaO4Si5Sn. The van der Waals surface area contributed by atoms with Crippen LogP contribution in [0.3, 0.4) is 0 Å². The van der Waals surface area contributed by atoms with Crippen LogP contribution in [0.15, 0.2) is 91.0 Å². The van der Waals surface area contributed by atoms with Gasteiger partial charge in [-0.3, -0.25) is 0 Å². The maximum Gasteiger partial charge on any atom is 1.00 e. The van der Waals surface area contributed by atoms with Gasteiger partial charge in [0.15, 0.2) is 0 Å². The number of hydrogen-bond donors (Lipinski definition) is 0. The summed E-state index contributed by atoms with van der Waals surface area (Å²) in [7, 11) is -5.54. The van der Waals surface area contributed by atoms with Crippen LogP contribution in [-0.2, 0) is 34.4 Å². The molecule has 442 valence electrons. The van der Waals surface area contributed by atoms with Crippen LogP contribution < -0.4 is 33.3 Å². The van der Waals surface area contributed by atoms with Gasteiger partial charge in [-0.2, -0.15) is 0 Å². The van der Waals surface area contributed by atoms with Crippen molar-refractivity contribution in [2.75, 3.05) is 19.8 Å². The molecule has 6 rings (SSSR count). The normalized spacial score (nSPS) is 11.8. The van der Waals surface area contributed by atoms with Gasteiger partial charge in [0.2, 0.25) is 0 Å². The van der Waals surface area contributed by atoms with E-state index in [1.54, 1.807) is 3.71 Å². The van der Waals surface area contributed by atoms with E-state index in [1.165, 1.54) is 97.2 Å². The Bertz CT molecular complexity index is 2900. The first-order valence-electron chi connectivity index (χ1n) is 29.7. The summed E-state index contributed by atoms with van der Waals surface area (Å²) in [6.07, 6.45) is 13.8. The number of rotatable bonds is 25. The minimum atomic E-state index is -2.51. The average molecular weight is 1420 g/mol. The molecule has 7 nitrogen and oxygen atoms in total. The molecule has 0 radical (unpaired) electrons. The summed E-state index contributed by atoms with van der Waals surface area (Å²) in [5.41, 5.74) is 12.3. The molecule has 0 aliphatic heterocycles. The van der Waals surface area contributed by atoms with Crippen molar-refractivity contribution < 1.29 is 49.2 Å². The second kappa shape index (κ2) is 37.9. The van der Waals surface area contributed by atoms with Crippen LogP contribution >= 0.6 is 22.6 Å². The van der Waals surface area contributed by atoms with Gasteiger partial charge in [-0.1, -0.05) is 127 Å². The summed E-state index contributed by atoms with van der Waals surface area (Å²) in [4.78, 5) is 0. The Labute approximate surface area is 539 Å². The van der Waals surface area contributed by atoms with Crippen molar-refractivity contribution in [2.45, 2.75) is 209 Å². The van der Waals surface area contributed by atoms with Gasteiger partial charge in [0.05, 0.1) is 22.4 Å². The van der Waals surface area contributed by atoms with Crippen LogP contribution in [0.1, 0.15) is 70.7 Å². The van der Waals surface area contributed by atoms with Gasteiger partial charge in [0.25, 0.3) is 0 Å². The molecule has 0 saturated carbocycles.